The van der Waals surface area contributed by atoms with Crippen molar-refractivity contribution < 1.29 is 19.2 Å². The Morgan fingerprint density at radius 2 is 2.20 bits per heavy atom. The van der Waals surface area contributed by atoms with Gasteiger partial charge in [0.05, 0.1) is 11.5 Å². The molecule has 0 saturated carbocycles. The van der Waals surface area contributed by atoms with Crippen molar-refractivity contribution >= 4 is 17.6 Å². The number of hydrogen-bond acceptors (Lipinski definition) is 6. The lowest BCUT2D eigenvalue weighted by atomic mass is 10.4. The molecule has 0 aliphatic rings. The topological polar surface area (TPSA) is 108 Å². The minimum absolute atomic E-state index is 0.146. The first-order valence-corrected chi connectivity index (χ1v) is 6.08. The molecule has 9 nitrogen and oxygen atoms in total. The Morgan fingerprint density at radius 3 is 2.70 bits per heavy atom. The van der Waals surface area contributed by atoms with Gasteiger partial charge in [-0.1, -0.05) is 0 Å². The number of aromatic nitrogens is 2. The maximum atomic E-state index is 12.0. The third kappa shape index (κ3) is 4.34. The van der Waals surface area contributed by atoms with Crippen molar-refractivity contribution in [3.05, 3.63) is 22.5 Å². The van der Waals surface area contributed by atoms with Gasteiger partial charge in [-0.25, -0.2) is 0 Å². The normalized spacial score (nSPS) is 10.1. The van der Waals surface area contributed by atoms with Gasteiger partial charge in [0.1, 0.15) is 25.5 Å². The van der Waals surface area contributed by atoms with Crippen molar-refractivity contribution in [3.63, 3.8) is 0 Å². The van der Waals surface area contributed by atoms with E-state index in [2.05, 4.69) is 5.10 Å². The lowest BCUT2D eigenvalue weighted by molar-refractivity contribution is -0.385. The van der Waals surface area contributed by atoms with Crippen molar-refractivity contribution in [1.29, 1.82) is 0 Å². The van der Waals surface area contributed by atoms with Gasteiger partial charge in [-0.15, -0.1) is 0 Å². The van der Waals surface area contributed by atoms with E-state index in [4.69, 9.17) is 4.74 Å². The first-order chi connectivity index (χ1) is 9.47. The van der Waals surface area contributed by atoms with E-state index in [1.165, 1.54) is 4.90 Å². The molecule has 0 bridgehead atoms. The number of esters is 1. The largest absolute Gasteiger partial charge is 0.465 e. The van der Waals surface area contributed by atoms with Crippen LogP contribution in [0.1, 0.15) is 13.8 Å². The molecule has 1 amide bonds. The molecule has 1 aromatic rings. The number of likely N-dealkylation sites (N-methyl/N-ethyl adjacent to an activating group) is 1. The van der Waals surface area contributed by atoms with E-state index in [9.17, 15) is 19.7 Å². The summed E-state index contributed by atoms with van der Waals surface area (Å²) >= 11 is 0. The first kappa shape index (κ1) is 15.6. The predicted octanol–water partition coefficient (Wildman–Crippen LogP) is 0.203. The van der Waals surface area contributed by atoms with Crippen molar-refractivity contribution in [2.75, 3.05) is 19.7 Å². The highest BCUT2D eigenvalue weighted by Crippen LogP contribution is 2.08. The predicted molar refractivity (Wildman–Crippen MR) is 67.8 cm³/mol. The van der Waals surface area contributed by atoms with Gasteiger partial charge >= 0.3 is 11.7 Å². The third-order valence-corrected chi connectivity index (χ3v) is 2.49. The van der Waals surface area contributed by atoms with E-state index in [0.717, 1.165) is 17.1 Å². The molecule has 1 heterocycles. The second-order valence-corrected chi connectivity index (χ2v) is 3.87. The van der Waals surface area contributed by atoms with E-state index in [0.29, 0.717) is 6.54 Å². The summed E-state index contributed by atoms with van der Waals surface area (Å²) in [6, 6.07) is 0. The number of carbonyl (C=O) groups is 2. The Labute approximate surface area is 115 Å². The van der Waals surface area contributed by atoms with Crippen molar-refractivity contribution in [2.45, 2.75) is 20.4 Å². The fourth-order valence-corrected chi connectivity index (χ4v) is 1.51. The molecule has 0 unspecified atom stereocenters. The van der Waals surface area contributed by atoms with Crippen molar-refractivity contribution in [2.24, 2.45) is 0 Å². The number of nitrogens with zero attached hydrogens (tertiary/aromatic N) is 4. The number of hydrogen-bond donors (Lipinski definition) is 0. The van der Waals surface area contributed by atoms with Crippen molar-refractivity contribution in [1.82, 2.24) is 14.7 Å². The van der Waals surface area contributed by atoms with Crippen LogP contribution in [0.15, 0.2) is 12.4 Å². The summed E-state index contributed by atoms with van der Waals surface area (Å²) in [7, 11) is 0. The summed E-state index contributed by atoms with van der Waals surface area (Å²) in [5.74, 6) is -0.854. The highest BCUT2D eigenvalue weighted by molar-refractivity contribution is 5.81. The lowest BCUT2D eigenvalue weighted by Gasteiger charge is -2.19. The van der Waals surface area contributed by atoms with Crippen LogP contribution in [0.5, 0.6) is 0 Å². The standard InChI is InChI=1S/C11H16N4O5/c1-3-13(8-11(17)20-4-2)10(16)7-14-6-9(5-12-14)15(18)19/h5-6H,3-4,7-8H2,1-2H3. The molecule has 0 fully saturated rings. The third-order valence-electron chi connectivity index (χ3n) is 2.49. The molecular formula is C11H16N4O5. The molecule has 9 heteroatoms. The van der Waals surface area contributed by atoms with Crippen LogP contribution in [0.3, 0.4) is 0 Å². The monoisotopic (exact) mass is 284 g/mol. The molecule has 0 aliphatic carbocycles. The average molecular weight is 284 g/mol. The Morgan fingerprint density at radius 1 is 1.50 bits per heavy atom. The zero-order valence-electron chi connectivity index (χ0n) is 11.3. The van der Waals surface area contributed by atoms with Crippen LogP contribution in [0, 0.1) is 10.1 Å². The van der Waals surface area contributed by atoms with Crippen molar-refractivity contribution in [3.8, 4) is 0 Å². The maximum absolute atomic E-state index is 12.0. The average Bonchev–Trinajstić information content (AvgIpc) is 2.84. The van der Waals surface area contributed by atoms with Crippen LogP contribution < -0.4 is 0 Å². The molecule has 0 atom stereocenters. The van der Waals surface area contributed by atoms with E-state index < -0.39 is 10.9 Å². The van der Waals surface area contributed by atoms with Gasteiger partial charge in [0, 0.05) is 6.54 Å². The van der Waals surface area contributed by atoms with Crippen LogP contribution in [-0.4, -0.2) is 51.2 Å². The second kappa shape index (κ2) is 7.22. The summed E-state index contributed by atoms with van der Waals surface area (Å²) < 4.78 is 5.93. The minimum Gasteiger partial charge on any atom is -0.465 e. The summed E-state index contributed by atoms with van der Waals surface area (Å²) in [4.78, 5) is 34.5. The Kier molecular flexibility index (Phi) is 5.63. The SMILES string of the molecule is CCOC(=O)CN(CC)C(=O)Cn1cc([N+](=O)[O-])cn1. The number of rotatable bonds is 7. The van der Waals surface area contributed by atoms with Gasteiger partial charge in [0.2, 0.25) is 5.91 Å². The summed E-state index contributed by atoms with van der Waals surface area (Å²) in [5.41, 5.74) is -0.189. The molecule has 0 radical (unpaired) electrons. The molecule has 20 heavy (non-hydrogen) atoms. The zero-order chi connectivity index (χ0) is 15.1. The molecule has 0 aliphatic heterocycles. The van der Waals surface area contributed by atoms with Gasteiger partial charge in [-0.2, -0.15) is 5.10 Å². The lowest BCUT2D eigenvalue weighted by Crippen LogP contribution is -2.38. The van der Waals surface area contributed by atoms with Crippen LogP contribution in [0.25, 0.3) is 0 Å². The van der Waals surface area contributed by atoms with E-state index in [1.54, 1.807) is 13.8 Å². The highest BCUT2D eigenvalue weighted by Gasteiger charge is 2.18. The molecule has 110 valence electrons. The number of ether oxygens (including phenoxy) is 1. The fourth-order valence-electron chi connectivity index (χ4n) is 1.51. The molecule has 1 aromatic heterocycles. The van der Waals surface area contributed by atoms with Gasteiger partial charge in [0.25, 0.3) is 0 Å². The van der Waals surface area contributed by atoms with Crippen LogP contribution >= 0.6 is 0 Å². The maximum Gasteiger partial charge on any atom is 0.325 e. The summed E-state index contributed by atoms with van der Waals surface area (Å²) in [6.45, 7) is 3.67. The fraction of sp³-hybridized carbons (Fsp3) is 0.545. The zero-order valence-corrected chi connectivity index (χ0v) is 11.3. The highest BCUT2D eigenvalue weighted by atomic mass is 16.6. The Hall–Kier alpha value is -2.45. The van der Waals surface area contributed by atoms with Gasteiger partial charge in [0.15, 0.2) is 0 Å². The second-order valence-electron chi connectivity index (χ2n) is 3.87. The quantitative estimate of drug-likeness (QED) is 0.402. The number of nitro groups is 1. The molecule has 0 aromatic carbocycles. The van der Waals surface area contributed by atoms with Crippen LogP contribution in [0.2, 0.25) is 0 Å². The molecule has 1 rings (SSSR count). The summed E-state index contributed by atoms with van der Waals surface area (Å²) in [6.07, 6.45) is 2.23. The van der Waals surface area contributed by atoms with Gasteiger partial charge in [-0.3, -0.25) is 24.4 Å². The molecule has 0 saturated heterocycles. The molecular weight excluding hydrogens is 268 g/mol. The first-order valence-electron chi connectivity index (χ1n) is 6.08. The molecule has 0 N–H and O–H groups in total. The van der Waals surface area contributed by atoms with E-state index in [-0.39, 0.29) is 31.3 Å². The minimum atomic E-state index is -0.593. The van der Waals surface area contributed by atoms with E-state index >= 15 is 0 Å². The van der Waals surface area contributed by atoms with E-state index in [1.807, 2.05) is 0 Å². The smallest absolute Gasteiger partial charge is 0.325 e. The summed E-state index contributed by atoms with van der Waals surface area (Å²) in [5, 5.41) is 14.2. The number of amides is 1. The van der Waals surface area contributed by atoms with Crippen LogP contribution in [0.4, 0.5) is 5.69 Å². The molecule has 0 spiro atoms. The van der Waals surface area contributed by atoms with Crippen LogP contribution in [-0.2, 0) is 20.9 Å². The van der Waals surface area contributed by atoms with Gasteiger partial charge in [-0.05, 0) is 13.8 Å². The Bertz CT molecular complexity index is 499. The number of carbonyl (C=O) groups excluding carboxylic acids is 2. The Balaban J connectivity index is 2.62. The van der Waals surface area contributed by atoms with Gasteiger partial charge < -0.3 is 9.64 Å².